The monoisotopic (exact) mass is 447 g/mol. The van der Waals surface area contributed by atoms with E-state index in [-0.39, 0.29) is 6.17 Å². The van der Waals surface area contributed by atoms with Gasteiger partial charge in [-0.1, -0.05) is 30.3 Å². The standard InChI is InChI=1S/C24H29N7O2/c1-32-21-9-5-2-6-18(21)22-27-23-25-16-29(11-10-28-12-14-33-15-13-28)17-30(23)24-26-19-7-3-4-8-20(19)31(22)24/h2-9,22H,10-17H2,1H3,(H,25,27). The molecule has 1 aromatic heterocycles. The number of nitrogens with zero attached hydrogens (tertiary/aromatic N) is 6. The molecule has 172 valence electrons. The zero-order valence-corrected chi connectivity index (χ0v) is 18.9. The number of para-hydroxylation sites is 3. The summed E-state index contributed by atoms with van der Waals surface area (Å²) in [6, 6.07) is 16.4. The number of hydrogen-bond donors (Lipinski definition) is 1. The quantitative estimate of drug-likeness (QED) is 0.641. The maximum atomic E-state index is 5.70. The molecule has 6 rings (SSSR count). The second-order valence-corrected chi connectivity index (χ2v) is 8.60. The van der Waals surface area contributed by atoms with Gasteiger partial charge in [-0.15, -0.1) is 0 Å². The van der Waals surface area contributed by atoms with E-state index in [4.69, 9.17) is 19.5 Å². The number of imidazole rings is 1. The van der Waals surface area contributed by atoms with Crippen LogP contribution in [0.25, 0.3) is 11.0 Å². The third-order valence-electron chi connectivity index (χ3n) is 6.63. The summed E-state index contributed by atoms with van der Waals surface area (Å²) < 4.78 is 13.4. The number of rotatable bonds is 5. The molecule has 4 heterocycles. The van der Waals surface area contributed by atoms with Crippen LogP contribution in [-0.2, 0) is 4.74 Å². The minimum Gasteiger partial charge on any atom is -0.496 e. The van der Waals surface area contributed by atoms with E-state index in [1.807, 2.05) is 24.3 Å². The second-order valence-electron chi connectivity index (χ2n) is 8.60. The Morgan fingerprint density at radius 1 is 1.03 bits per heavy atom. The summed E-state index contributed by atoms with van der Waals surface area (Å²) in [5, 5.41) is 3.67. The molecule has 3 aromatic rings. The van der Waals surface area contributed by atoms with E-state index in [2.05, 4.69) is 48.8 Å². The van der Waals surface area contributed by atoms with E-state index >= 15 is 0 Å². The number of morpholine rings is 1. The Labute approximate surface area is 193 Å². The van der Waals surface area contributed by atoms with Crippen molar-refractivity contribution in [2.45, 2.75) is 6.17 Å². The van der Waals surface area contributed by atoms with Gasteiger partial charge in [-0.3, -0.25) is 19.3 Å². The van der Waals surface area contributed by atoms with Crippen LogP contribution in [0.5, 0.6) is 5.75 Å². The van der Waals surface area contributed by atoms with Crippen LogP contribution >= 0.6 is 0 Å². The number of nitrogens with one attached hydrogen (secondary N) is 1. The molecular formula is C24H29N7O2. The summed E-state index contributed by atoms with van der Waals surface area (Å²) in [5.74, 6) is 2.60. The maximum absolute atomic E-state index is 5.70. The molecule has 0 amide bonds. The van der Waals surface area contributed by atoms with Crippen molar-refractivity contribution in [1.29, 1.82) is 0 Å². The number of aliphatic imine (C=N–C) groups is 1. The fourth-order valence-electron chi connectivity index (χ4n) is 4.87. The summed E-state index contributed by atoms with van der Waals surface area (Å²) in [6.07, 6.45) is -0.154. The van der Waals surface area contributed by atoms with E-state index in [0.29, 0.717) is 6.67 Å². The van der Waals surface area contributed by atoms with Crippen LogP contribution < -0.4 is 15.0 Å². The van der Waals surface area contributed by atoms with E-state index in [1.165, 1.54) is 0 Å². The molecule has 0 spiro atoms. The van der Waals surface area contributed by atoms with E-state index in [0.717, 1.165) is 80.3 Å². The summed E-state index contributed by atoms with van der Waals surface area (Å²) >= 11 is 0. The molecule has 2 aromatic carbocycles. The summed E-state index contributed by atoms with van der Waals surface area (Å²) in [6.45, 7) is 7.06. The highest BCUT2D eigenvalue weighted by Crippen LogP contribution is 2.36. The third-order valence-corrected chi connectivity index (χ3v) is 6.63. The Morgan fingerprint density at radius 3 is 2.70 bits per heavy atom. The summed E-state index contributed by atoms with van der Waals surface area (Å²) in [7, 11) is 1.71. The van der Waals surface area contributed by atoms with Gasteiger partial charge in [-0.05, 0) is 18.2 Å². The van der Waals surface area contributed by atoms with Crippen molar-refractivity contribution in [3.05, 3.63) is 54.1 Å². The van der Waals surface area contributed by atoms with Crippen LogP contribution in [0, 0.1) is 0 Å². The van der Waals surface area contributed by atoms with Gasteiger partial charge in [0, 0.05) is 31.7 Å². The molecule has 0 saturated carbocycles. The molecule has 1 fully saturated rings. The molecule has 1 saturated heterocycles. The minimum atomic E-state index is -0.154. The largest absolute Gasteiger partial charge is 0.496 e. The predicted molar refractivity (Wildman–Crippen MR) is 128 cm³/mol. The Kier molecular flexibility index (Phi) is 5.37. The molecule has 0 bridgehead atoms. The Morgan fingerprint density at radius 2 is 1.82 bits per heavy atom. The van der Waals surface area contributed by atoms with Crippen molar-refractivity contribution in [1.82, 2.24) is 24.7 Å². The highest BCUT2D eigenvalue weighted by molar-refractivity contribution is 5.99. The van der Waals surface area contributed by atoms with Gasteiger partial charge in [0.15, 0.2) is 0 Å². The molecule has 0 aliphatic carbocycles. The molecule has 3 aliphatic heterocycles. The normalized spacial score (nSPS) is 21.3. The van der Waals surface area contributed by atoms with Crippen LogP contribution in [-0.4, -0.2) is 85.2 Å². The zero-order valence-electron chi connectivity index (χ0n) is 18.9. The second kappa shape index (κ2) is 8.66. The topological polar surface area (TPSA) is 70.4 Å². The Hall–Kier alpha value is -3.14. The Balaban J connectivity index is 1.34. The molecule has 3 aliphatic rings. The number of benzene rings is 2. The van der Waals surface area contributed by atoms with Gasteiger partial charge in [0.2, 0.25) is 11.9 Å². The minimum absolute atomic E-state index is 0.154. The van der Waals surface area contributed by atoms with Gasteiger partial charge in [0.25, 0.3) is 0 Å². The lowest BCUT2D eigenvalue weighted by molar-refractivity contribution is 0.0334. The van der Waals surface area contributed by atoms with Gasteiger partial charge in [-0.2, -0.15) is 0 Å². The highest BCUT2D eigenvalue weighted by Gasteiger charge is 2.36. The molecule has 1 unspecified atom stereocenters. The van der Waals surface area contributed by atoms with Crippen molar-refractivity contribution >= 4 is 22.9 Å². The lowest BCUT2D eigenvalue weighted by Crippen LogP contribution is -2.58. The van der Waals surface area contributed by atoms with Crippen LogP contribution in [0.3, 0.4) is 0 Å². The third kappa shape index (κ3) is 3.72. The van der Waals surface area contributed by atoms with Gasteiger partial charge in [0.1, 0.15) is 11.9 Å². The van der Waals surface area contributed by atoms with E-state index in [9.17, 15) is 0 Å². The van der Waals surface area contributed by atoms with Crippen molar-refractivity contribution in [2.75, 3.05) is 64.7 Å². The van der Waals surface area contributed by atoms with Crippen molar-refractivity contribution in [3.8, 4) is 5.75 Å². The predicted octanol–water partition coefficient (Wildman–Crippen LogP) is 1.92. The van der Waals surface area contributed by atoms with Crippen molar-refractivity contribution in [3.63, 3.8) is 0 Å². The molecule has 0 radical (unpaired) electrons. The van der Waals surface area contributed by atoms with Gasteiger partial charge >= 0.3 is 0 Å². The van der Waals surface area contributed by atoms with Crippen molar-refractivity contribution < 1.29 is 9.47 Å². The number of guanidine groups is 1. The first kappa shape index (κ1) is 20.5. The van der Waals surface area contributed by atoms with Gasteiger partial charge < -0.3 is 14.8 Å². The lowest BCUT2D eigenvalue weighted by Gasteiger charge is -2.42. The zero-order chi connectivity index (χ0) is 22.2. The molecule has 1 atom stereocenters. The van der Waals surface area contributed by atoms with E-state index in [1.54, 1.807) is 7.11 Å². The molecule has 1 N–H and O–H groups in total. The van der Waals surface area contributed by atoms with Crippen LogP contribution in [0.4, 0.5) is 5.95 Å². The first-order valence-electron chi connectivity index (χ1n) is 11.5. The number of hydrogen-bond acceptors (Lipinski definition) is 8. The fourth-order valence-corrected chi connectivity index (χ4v) is 4.87. The Bertz CT molecular complexity index is 1170. The lowest BCUT2D eigenvalue weighted by atomic mass is 10.1. The number of methoxy groups -OCH3 is 1. The highest BCUT2D eigenvalue weighted by atomic mass is 16.5. The van der Waals surface area contributed by atoms with Crippen LogP contribution in [0.1, 0.15) is 11.7 Å². The molecule has 9 nitrogen and oxygen atoms in total. The smallest absolute Gasteiger partial charge is 0.216 e. The molecule has 33 heavy (non-hydrogen) atoms. The average molecular weight is 448 g/mol. The molecule has 9 heteroatoms. The summed E-state index contributed by atoms with van der Waals surface area (Å²) in [5.41, 5.74) is 3.11. The maximum Gasteiger partial charge on any atom is 0.216 e. The molecular weight excluding hydrogens is 418 g/mol. The van der Waals surface area contributed by atoms with Crippen LogP contribution in [0.2, 0.25) is 0 Å². The van der Waals surface area contributed by atoms with Gasteiger partial charge in [0.05, 0.1) is 44.7 Å². The number of aromatic nitrogens is 2. The number of fused-ring (bicyclic) bond motifs is 5. The number of ether oxygens (including phenoxy) is 2. The van der Waals surface area contributed by atoms with Crippen molar-refractivity contribution in [2.24, 2.45) is 4.99 Å². The average Bonchev–Trinajstić information content (AvgIpc) is 3.28. The van der Waals surface area contributed by atoms with Gasteiger partial charge in [-0.25, -0.2) is 9.98 Å². The first-order valence-corrected chi connectivity index (χ1v) is 11.5. The first-order chi connectivity index (χ1) is 16.3. The fraction of sp³-hybridized carbons (Fsp3) is 0.417. The SMILES string of the molecule is COc1ccccc1C1NC2=NCN(CCN3CCOCC3)CN2c2nc3ccccc3n21. The summed E-state index contributed by atoms with van der Waals surface area (Å²) in [4.78, 5) is 17.0. The number of anilines is 1. The van der Waals surface area contributed by atoms with Crippen LogP contribution in [0.15, 0.2) is 53.5 Å². The van der Waals surface area contributed by atoms with E-state index < -0.39 is 0 Å².